The predicted molar refractivity (Wildman–Crippen MR) is 84.7 cm³/mol. The van der Waals surface area contributed by atoms with E-state index >= 15 is 0 Å². The van der Waals surface area contributed by atoms with Crippen molar-refractivity contribution in [2.75, 3.05) is 13.2 Å². The number of rotatable bonds is 6. The monoisotopic (exact) mass is 289 g/mol. The highest BCUT2D eigenvalue weighted by molar-refractivity contribution is 5.30. The van der Waals surface area contributed by atoms with Crippen LogP contribution in [-0.2, 0) is 4.74 Å². The summed E-state index contributed by atoms with van der Waals surface area (Å²) in [7, 11) is 0. The maximum Gasteiger partial charge on any atom is 0.120 e. The van der Waals surface area contributed by atoms with E-state index < -0.39 is 0 Å². The Labute approximate surface area is 128 Å². The van der Waals surface area contributed by atoms with Gasteiger partial charge in [0.05, 0.1) is 12.2 Å². The highest BCUT2D eigenvalue weighted by Crippen LogP contribution is 2.26. The fourth-order valence-corrected chi connectivity index (χ4v) is 3.29. The summed E-state index contributed by atoms with van der Waals surface area (Å²) in [6.07, 6.45) is 8.23. The van der Waals surface area contributed by atoms with Crippen LogP contribution in [0.1, 0.15) is 57.1 Å². The van der Waals surface area contributed by atoms with Crippen LogP contribution < -0.4 is 10.1 Å². The van der Waals surface area contributed by atoms with Crippen molar-refractivity contribution in [3.05, 3.63) is 29.8 Å². The van der Waals surface area contributed by atoms with Gasteiger partial charge in [0.25, 0.3) is 0 Å². The SMILES string of the molecule is C[C@@H](NC[C@@H]1CCCO1)c1cccc(OC2CCCC2)c1. The molecule has 1 aromatic rings. The van der Waals surface area contributed by atoms with Crippen LogP contribution in [0.2, 0.25) is 0 Å². The molecule has 2 atom stereocenters. The highest BCUT2D eigenvalue weighted by atomic mass is 16.5. The third-order valence-corrected chi connectivity index (χ3v) is 4.64. The summed E-state index contributed by atoms with van der Waals surface area (Å²) in [6.45, 7) is 4.07. The Balaban J connectivity index is 1.53. The summed E-state index contributed by atoms with van der Waals surface area (Å²) >= 11 is 0. The zero-order valence-electron chi connectivity index (χ0n) is 13.0. The van der Waals surface area contributed by atoms with Crippen LogP contribution in [0, 0.1) is 0 Å². The molecule has 0 amide bonds. The van der Waals surface area contributed by atoms with Gasteiger partial charge in [0, 0.05) is 19.2 Å². The number of hydrogen-bond acceptors (Lipinski definition) is 3. The van der Waals surface area contributed by atoms with Crippen LogP contribution in [0.15, 0.2) is 24.3 Å². The molecule has 1 aliphatic heterocycles. The lowest BCUT2D eigenvalue weighted by Crippen LogP contribution is -2.28. The quantitative estimate of drug-likeness (QED) is 0.863. The predicted octanol–water partition coefficient (Wildman–Crippen LogP) is 3.84. The van der Waals surface area contributed by atoms with Gasteiger partial charge in [0.1, 0.15) is 5.75 Å². The van der Waals surface area contributed by atoms with Crippen LogP contribution in [-0.4, -0.2) is 25.4 Å². The Morgan fingerprint density at radius 1 is 1.24 bits per heavy atom. The topological polar surface area (TPSA) is 30.5 Å². The average molecular weight is 289 g/mol. The molecule has 3 rings (SSSR count). The summed E-state index contributed by atoms with van der Waals surface area (Å²) in [4.78, 5) is 0. The average Bonchev–Trinajstić information content (AvgIpc) is 3.18. The van der Waals surface area contributed by atoms with Crippen molar-refractivity contribution >= 4 is 0 Å². The molecule has 0 aromatic heterocycles. The van der Waals surface area contributed by atoms with Crippen molar-refractivity contribution in [3.63, 3.8) is 0 Å². The second kappa shape index (κ2) is 7.28. The standard InChI is InChI=1S/C18H27NO2/c1-14(19-13-18-10-5-11-20-18)15-6-4-9-17(12-15)21-16-7-2-3-8-16/h4,6,9,12,14,16,18-19H,2-3,5,7-8,10-11,13H2,1H3/t14-,18+/m1/s1. The molecule has 1 N–H and O–H groups in total. The van der Waals surface area contributed by atoms with E-state index in [-0.39, 0.29) is 0 Å². The first kappa shape index (κ1) is 14.9. The molecule has 116 valence electrons. The van der Waals surface area contributed by atoms with Crippen LogP contribution >= 0.6 is 0 Å². The largest absolute Gasteiger partial charge is 0.490 e. The first-order valence-electron chi connectivity index (χ1n) is 8.43. The van der Waals surface area contributed by atoms with E-state index in [1.165, 1.54) is 44.1 Å². The Kier molecular flexibility index (Phi) is 5.15. The molecule has 1 saturated heterocycles. The number of ether oxygens (including phenoxy) is 2. The van der Waals surface area contributed by atoms with Crippen molar-refractivity contribution in [1.82, 2.24) is 5.32 Å². The summed E-state index contributed by atoms with van der Waals surface area (Å²) < 4.78 is 11.8. The Morgan fingerprint density at radius 3 is 2.86 bits per heavy atom. The minimum atomic E-state index is 0.335. The normalized spacial score (nSPS) is 24.3. The van der Waals surface area contributed by atoms with Gasteiger partial charge < -0.3 is 14.8 Å². The van der Waals surface area contributed by atoms with Crippen molar-refractivity contribution in [3.8, 4) is 5.75 Å². The zero-order chi connectivity index (χ0) is 14.5. The van der Waals surface area contributed by atoms with E-state index in [1.54, 1.807) is 0 Å². The van der Waals surface area contributed by atoms with E-state index in [2.05, 4.69) is 36.5 Å². The van der Waals surface area contributed by atoms with Gasteiger partial charge in [0.2, 0.25) is 0 Å². The molecule has 2 aliphatic rings. The molecular weight excluding hydrogens is 262 g/mol. The third kappa shape index (κ3) is 4.21. The maximum absolute atomic E-state index is 6.09. The van der Waals surface area contributed by atoms with Crippen LogP contribution in [0.25, 0.3) is 0 Å². The molecule has 0 radical (unpaired) electrons. The second-order valence-electron chi connectivity index (χ2n) is 6.36. The number of benzene rings is 1. The van der Waals surface area contributed by atoms with Crippen molar-refractivity contribution in [2.24, 2.45) is 0 Å². The highest BCUT2D eigenvalue weighted by Gasteiger charge is 2.18. The van der Waals surface area contributed by atoms with E-state index in [0.29, 0.717) is 18.2 Å². The Bertz CT molecular complexity index is 437. The molecule has 0 bridgehead atoms. The van der Waals surface area contributed by atoms with Crippen molar-refractivity contribution in [2.45, 2.75) is 63.7 Å². The molecule has 0 spiro atoms. The van der Waals surface area contributed by atoms with Gasteiger partial charge in [-0.25, -0.2) is 0 Å². The van der Waals surface area contributed by atoms with Crippen molar-refractivity contribution in [1.29, 1.82) is 0 Å². The lowest BCUT2D eigenvalue weighted by Gasteiger charge is -2.19. The van der Waals surface area contributed by atoms with Gasteiger partial charge in [-0.3, -0.25) is 0 Å². The summed E-state index contributed by atoms with van der Waals surface area (Å²) in [5.41, 5.74) is 1.29. The minimum absolute atomic E-state index is 0.335. The van der Waals surface area contributed by atoms with Gasteiger partial charge >= 0.3 is 0 Å². The molecular formula is C18H27NO2. The van der Waals surface area contributed by atoms with E-state index in [4.69, 9.17) is 9.47 Å². The molecule has 2 fully saturated rings. The first-order chi connectivity index (χ1) is 10.3. The lowest BCUT2D eigenvalue weighted by molar-refractivity contribution is 0.108. The van der Waals surface area contributed by atoms with E-state index in [1.807, 2.05) is 0 Å². The lowest BCUT2D eigenvalue weighted by atomic mass is 10.1. The maximum atomic E-state index is 6.09. The van der Waals surface area contributed by atoms with Crippen LogP contribution in [0.4, 0.5) is 0 Å². The van der Waals surface area contributed by atoms with Gasteiger partial charge in [0.15, 0.2) is 0 Å². The Morgan fingerprint density at radius 2 is 2.10 bits per heavy atom. The van der Waals surface area contributed by atoms with Gasteiger partial charge in [-0.2, -0.15) is 0 Å². The molecule has 1 heterocycles. The minimum Gasteiger partial charge on any atom is -0.490 e. The fourth-order valence-electron chi connectivity index (χ4n) is 3.29. The molecule has 3 nitrogen and oxygen atoms in total. The molecule has 21 heavy (non-hydrogen) atoms. The van der Waals surface area contributed by atoms with Crippen LogP contribution in [0.5, 0.6) is 5.75 Å². The van der Waals surface area contributed by atoms with Crippen molar-refractivity contribution < 1.29 is 9.47 Å². The molecule has 3 heteroatoms. The van der Waals surface area contributed by atoms with E-state index in [9.17, 15) is 0 Å². The third-order valence-electron chi connectivity index (χ3n) is 4.64. The summed E-state index contributed by atoms with van der Waals surface area (Å²) in [6, 6.07) is 8.87. The van der Waals surface area contributed by atoms with Gasteiger partial charge in [-0.15, -0.1) is 0 Å². The number of hydrogen-bond donors (Lipinski definition) is 1. The second-order valence-corrected chi connectivity index (χ2v) is 6.36. The zero-order valence-corrected chi connectivity index (χ0v) is 13.0. The first-order valence-corrected chi connectivity index (χ1v) is 8.43. The fraction of sp³-hybridized carbons (Fsp3) is 0.667. The smallest absolute Gasteiger partial charge is 0.120 e. The Hall–Kier alpha value is -1.06. The van der Waals surface area contributed by atoms with Gasteiger partial charge in [-0.05, 0) is 63.1 Å². The van der Waals surface area contributed by atoms with Gasteiger partial charge in [-0.1, -0.05) is 12.1 Å². The van der Waals surface area contributed by atoms with E-state index in [0.717, 1.165) is 18.9 Å². The molecule has 0 unspecified atom stereocenters. The molecule has 1 aromatic carbocycles. The molecule has 1 saturated carbocycles. The molecule has 1 aliphatic carbocycles. The summed E-state index contributed by atoms with van der Waals surface area (Å²) in [5, 5.41) is 3.58. The summed E-state index contributed by atoms with van der Waals surface area (Å²) in [5.74, 6) is 1.02. The van der Waals surface area contributed by atoms with Crippen LogP contribution in [0.3, 0.4) is 0 Å². The number of nitrogens with one attached hydrogen (secondary N) is 1.